The molecule has 1 aliphatic rings. The van der Waals surface area contributed by atoms with Crippen LogP contribution in [0.25, 0.3) is 11.4 Å². The van der Waals surface area contributed by atoms with Gasteiger partial charge in [0.15, 0.2) is 0 Å². The zero-order valence-electron chi connectivity index (χ0n) is 9.51. The Hall–Kier alpha value is -1.24. The Labute approximate surface area is 112 Å². The molecule has 6 heteroatoms. The van der Waals surface area contributed by atoms with Gasteiger partial charge >= 0.3 is 0 Å². The Morgan fingerprint density at radius 2 is 2.33 bits per heavy atom. The molecule has 0 aliphatic carbocycles. The maximum Gasteiger partial charge on any atom is 0.244 e. The highest BCUT2D eigenvalue weighted by molar-refractivity contribution is 9.10. The van der Waals surface area contributed by atoms with Crippen LogP contribution in [0.2, 0.25) is 0 Å². The molecule has 1 aliphatic heterocycles. The molecule has 0 unspecified atom stereocenters. The second-order valence-electron chi connectivity index (χ2n) is 4.32. The highest BCUT2D eigenvalue weighted by Gasteiger charge is 2.28. The third-order valence-corrected chi connectivity index (χ3v) is 3.42. The van der Waals surface area contributed by atoms with Crippen molar-refractivity contribution in [2.24, 2.45) is 0 Å². The predicted molar refractivity (Wildman–Crippen MR) is 68.8 cm³/mol. The minimum absolute atomic E-state index is 0.0478. The maximum absolute atomic E-state index is 9.46. The smallest absolute Gasteiger partial charge is 0.244 e. The van der Waals surface area contributed by atoms with E-state index in [-0.39, 0.29) is 12.1 Å². The summed E-state index contributed by atoms with van der Waals surface area (Å²) in [6.45, 7) is 0.569. The van der Waals surface area contributed by atoms with Gasteiger partial charge < -0.3 is 14.9 Å². The number of aliphatic hydroxyl groups is 1. The Balaban J connectivity index is 1.85. The number of rotatable bonds is 2. The van der Waals surface area contributed by atoms with Gasteiger partial charge in [-0.15, -0.1) is 0 Å². The van der Waals surface area contributed by atoms with Crippen molar-refractivity contribution < 1.29 is 9.63 Å². The van der Waals surface area contributed by atoms with Gasteiger partial charge in [-0.2, -0.15) is 4.98 Å². The first-order valence-corrected chi connectivity index (χ1v) is 6.52. The first-order chi connectivity index (χ1) is 8.72. The zero-order chi connectivity index (χ0) is 12.5. The van der Waals surface area contributed by atoms with Crippen LogP contribution >= 0.6 is 15.9 Å². The molecule has 1 saturated heterocycles. The van der Waals surface area contributed by atoms with Gasteiger partial charge in [-0.1, -0.05) is 33.2 Å². The van der Waals surface area contributed by atoms with Crippen molar-refractivity contribution in [3.8, 4) is 11.4 Å². The summed E-state index contributed by atoms with van der Waals surface area (Å²) in [6.07, 6.45) is 0.274. The second-order valence-corrected chi connectivity index (χ2v) is 5.23. The molecule has 1 aromatic carbocycles. The summed E-state index contributed by atoms with van der Waals surface area (Å²) in [5, 5.41) is 16.6. The summed E-state index contributed by atoms with van der Waals surface area (Å²) in [5.74, 6) is 1.09. The van der Waals surface area contributed by atoms with Crippen molar-refractivity contribution in [3.05, 3.63) is 34.6 Å². The third kappa shape index (κ3) is 2.31. The lowest BCUT2D eigenvalue weighted by Crippen LogP contribution is -2.15. The molecule has 2 heterocycles. The van der Waals surface area contributed by atoms with Gasteiger partial charge in [-0.05, 0) is 18.6 Å². The number of nitrogens with one attached hydrogen (secondary N) is 1. The summed E-state index contributed by atoms with van der Waals surface area (Å²) in [5.41, 5.74) is 0.901. The second kappa shape index (κ2) is 4.79. The molecule has 2 atom stereocenters. The van der Waals surface area contributed by atoms with Crippen LogP contribution in [0.5, 0.6) is 0 Å². The Morgan fingerprint density at radius 1 is 1.44 bits per heavy atom. The molecule has 2 aromatic rings. The number of benzene rings is 1. The van der Waals surface area contributed by atoms with Gasteiger partial charge in [0.05, 0.1) is 12.1 Å². The summed E-state index contributed by atoms with van der Waals surface area (Å²) < 4.78 is 6.21. The van der Waals surface area contributed by atoms with Crippen molar-refractivity contribution in [2.75, 3.05) is 6.54 Å². The fraction of sp³-hybridized carbons (Fsp3) is 0.333. The van der Waals surface area contributed by atoms with Crippen LogP contribution in [0, 0.1) is 0 Å². The molecule has 0 spiro atoms. The average Bonchev–Trinajstić information content (AvgIpc) is 2.97. The molecule has 0 saturated carbocycles. The molecule has 0 bridgehead atoms. The van der Waals surface area contributed by atoms with E-state index in [1.807, 2.05) is 24.3 Å². The number of hydrogen-bond acceptors (Lipinski definition) is 5. The fourth-order valence-electron chi connectivity index (χ4n) is 2.03. The number of nitrogens with zero attached hydrogens (tertiary/aromatic N) is 2. The largest absolute Gasteiger partial charge is 0.392 e. The topological polar surface area (TPSA) is 71.2 Å². The number of aliphatic hydroxyl groups excluding tert-OH is 1. The monoisotopic (exact) mass is 309 g/mol. The molecule has 3 rings (SSSR count). The van der Waals surface area contributed by atoms with Crippen molar-refractivity contribution in [1.82, 2.24) is 15.5 Å². The summed E-state index contributed by atoms with van der Waals surface area (Å²) in [6, 6.07) is 7.68. The molecule has 94 valence electrons. The van der Waals surface area contributed by atoms with Gasteiger partial charge in [0.1, 0.15) is 0 Å². The highest BCUT2D eigenvalue weighted by Crippen LogP contribution is 2.25. The fourth-order valence-corrected chi connectivity index (χ4v) is 2.43. The molecule has 0 amide bonds. The van der Waals surface area contributed by atoms with Crippen LogP contribution < -0.4 is 5.32 Å². The van der Waals surface area contributed by atoms with Crippen LogP contribution in [0.3, 0.4) is 0 Å². The van der Waals surface area contributed by atoms with E-state index in [1.165, 1.54) is 0 Å². The van der Waals surface area contributed by atoms with Crippen LogP contribution in [0.1, 0.15) is 18.4 Å². The van der Waals surface area contributed by atoms with Crippen molar-refractivity contribution in [2.45, 2.75) is 18.6 Å². The Morgan fingerprint density at radius 3 is 3.06 bits per heavy atom. The van der Waals surface area contributed by atoms with E-state index < -0.39 is 0 Å². The summed E-state index contributed by atoms with van der Waals surface area (Å²) in [7, 11) is 0. The van der Waals surface area contributed by atoms with Crippen LogP contribution in [0.15, 0.2) is 33.3 Å². The van der Waals surface area contributed by atoms with Gasteiger partial charge in [-0.3, -0.25) is 0 Å². The highest BCUT2D eigenvalue weighted by atomic mass is 79.9. The molecular formula is C12H12BrN3O2. The standard InChI is InChI=1S/C12H12BrN3O2/c13-8-3-1-2-7(4-8)11-15-12(18-16-11)10-5-9(17)6-14-10/h1-4,9-10,14,17H,5-6H2/t9-,10+/m0/s1. The van der Waals surface area contributed by atoms with E-state index in [2.05, 4.69) is 31.4 Å². The normalized spacial score (nSPS) is 23.4. The van der Waals surface area contributed by atoms with Crippen molar-refractivity contribution in [1.29, 1.82) is 0 Å². The van der Waals surface area contributed by atoms with Gasteiger partial charge in [0.25, 0.3) is 0 Å². The van der Waals surface area contributed by atoms with Gasteiger partial charge in [0, 0.05) is 16.6 Å². The zero-order valence-corrected chi connectivity index (χ0v) is 11.1. The van der Waals surface area contributed by atoms with Gasteiger partial charge in [-0.25, -0.2) is 0 Å². The van der Waals surface area contributed by atoms with Crippen molar-refractivity contribution >= 4 is 15.9 Å². The Bertz CT molecular complexity index is 558. The lowest BCUT2D eigenvalue weighted by molar-refractivity contribution is 0.191. The number of hydrogen-bond donors (Lipinski definition) is 2. The number of halogens is 1. The molecule has 1 aromatic heterocycles. The quantitative estimate of drug-likeness (QED) is 0.886. The number of aromatic nitrogens is 2. The molecule has 5 nitrogen and oxygen atoms in total. The average molecular weight is 310 g/mol. The number of β-amino-alcohol motifs (C(OH)–C–C–N with tert-alkyl or cyclic N) is 1. The molecular weight excluding hydrogens is 298 g/mol. The lowest BCUT2D eigenvalue weighted by atomic mass is 10.2. The van der Waals surface area contributed by atoms with Crippen LogP contribution in [-0.2, 0) is 0 Å². The molecule has 1 fully saturated rings. The summed E-state index contributed by atoms with van der Waals surface area (Å²) in [4.78, 5) is 4.37. The minimum atomic E-state index is -0.337. The van der Waals surface area contributed by atoms with E-state index >= 15 is 0 Å². The maximum atomic E-state index is 9.46. The SMILES string of the molecule is O[C@@H]1CN[C@@H](c2nc(-c3cccc(Br)c3)no2)C1. The van der Waals surface area contributed by atoms with Gasteiger partial charge in [0.2, 0.25) is 11.7 Å². The first kappa shape index (κ1) is 11.8. The van der Waals surface area contributed by atoms with Crippen molar-refractivity contribution in [3.63, 3.8) is 0 Å². The van der Waals surface area contributed by atoms with E-state index in [0.717, 1.165) is 10.0 Å². The van der Waals surface area contributed by atoms with Crippen LogP contribution in [0.4, 0.5) is 0 Å². The molecule has 18 heavy (non-hydrogen) atoms. The minimum Gasteiger partial charge on any atom is -0.392 e. The Kier molecular flexibility index (Phi) is 3.15. The third-order valence-electron chi connectivity index (χ3n) is 2.93. The van der Waals surface area contributed by atoms with E-state index in [1.54, 1.807) is 0 Å². The van der Waals surface area contributed by atoms with E-state index in [9.17, 15) is 5.11 Å². The lowest BCUT2D eigenvalue weighted by Gasteiger charge is -2.01. The predicted octanol–water partition coefficient (Wildman–Crippen LogP) is 1.89. The van der Waals surface area contributed by atoms with Crippen LogP contribution in [-0.4, -0.2) is 27.9 Å². The molecule has 2 N–H and O–H groups in total. The molecule has 0 radical (unpaired) electrons. The first-order valence-electron chi connectivity index (χ1n) is 5.73. The summed E-state index contributed by atoms with van der Waals surface area (Å²) >= 11 is 3.41. The van der Waals surface area contributed by atoms with E-state index in [4.69, 9.17) is 4.52 Å². The van der Waals surface area contributed by atoms with E-state index in [0.29, 0.717) is 24.7 Å².